The first kappa shape index (κ1) is 15.2. The number of hydrogen-bond donors (Lipinski definition) is 2. The predicted octanol–water partition coefficient (Wildman–Crippen LogP) is -0.136. The maximum absolute atomic E-state index is 13.2. The molecule has 2 saturated heterocycles. The number of rotatable bonds is 3. The molecule has 0 aliphatic carbocycles. The number of tetrazole rings is 1. The Morgan fingerprint density at radius 1 is 1.42 bits per heavy atom. The monoisotopic (exact) mass is 332 g/mol. The van der Waals surface area contributed by atoms with Crippen molar-refractivity contribution in [2.75, 3.05) is 13.1 Å². The second kappa shape index (κ2) is 5.95. The summed E-state index contributed by atoms with van der Waals surface area (Å²) in [5, 5.41) is 15.3. The average molecular weight is 332 g/mol. The molecule has 2 N–H and O–H groups in total. The van der Waals surface area contributed by atoms with E-state index >= 15 is 0 Å². The zero-order chi connectivity index (χ0) is 16.7. The summed E-state index contributed by atoms with van der Waals surface area (Å²) >= 11 is 0. The van der Waals surface area contributed by atoms with Gasteiger partial charge in [0, 0.05) is 18.7 Å². The number of nitrogens with zero attached hydrogens (tertiary/aromatic N) is 6. The summed E-state index contributed by atoms with van der Waals surface area (Å²) in [6, 6.07) is 0.0267. The Morgan fingerprint density at radius 3 is 3.00 bits per heavy atom. The highest BCUT2D eigenvalue weighted by Gasteiger charge is 2.42. The van der Waals surface area contributed by atoms with Gasteiger partial charge in [-0.1, -0.05) is 5.16 Å². The second-order valence-electron chi connectivity index (χ2n) is 6.29. The third kappa shape index (κ3) is 2.38. The molecule has 4 rings (SSSR count). The summed E-state index contributed by atoms with van der Waals surface area (Å²) in [6.07, 6.45) is 3.13. The highest BCUT2D eigenvalue weighted by molar-refractivity contribution is 5.80. The van der Waals surface area contributed by atoms with Gasteiger partial charge in [-0.2, -0.15) is 0 Å². The molecule has 0 saturated carbocycles. The molecule has 1 amide bonds. The van der Waals surface area contributed by atoms with Gasteiger partial charge >= 0.3 is 0 Å². The minimum atomic E-state index is -0.293. The molecule has 2 aliphatic rings. The number of carbonyl (C=O) groups excluding carboxylic acids is 1. The molecule has 128 valence electrons. The van der Waals surface area contributed by atoms with Gasteiger partial charge in [0.25, 0.3) is 0 Å². The average Bonchev–Trinajstić information content (AvgIpc) is 3.34. The predicted molar refractivity (Wildman–Crippen MR) is 81.1 cm³/mol. The van der Waals surface area contributed by atoms with Crippen LogP contribution in [-0.4, -0.2) is 49.3 Å². The fourth-order valence-corrected chi connectivity index (χ4v) is 3.76. The Labute approximate surface area is 138 Å². The smallest absolute Gasteiger partial charge is 0.231 e. The largest absolute Gasteiger partial charge is 0.361 e. The minimum absolute atomic E-state index is 0.0267. The first-order chi connectivity index (χ1) is 11.7. The van der Waals surface area contributed by atoms with Crippen LogP contribution in [0.2, 0.25) is 0 Å². The van der Waals surface area contributed by atoms with Crippen LogP contribution < -0.4 is 10.9 Å². The normalized spacial score (nSPS) is 27.1. The van der Waals surface area contributed by atoms with E-state index in [0.717, 1.165) is 36.4 Å². The fourth-order valence-electron chi connectivity index (χ4n) is 3.76. The highest BCUT2D eigenvalue weighted by Crippen LogP contribution is 2.37. The van der Waals surface area contributed by atoms with Crippen LogP contribution in [0.4, 0.5) is 0 Å². The van der Waals surface area contributed by atoms with Gasteiger partial charge in [0.2, 0.25) is 5.91 Å². The van der Waals surface area contributed by atoms with Gasteiger partial charge in [-0.15, -0.1) is 5.10 Å². The fraction of sp³-hybridized carbons (Fsp3) is 0.643. The minimum Gasteiger partial charge on any atom is -0.361 e. The van der Waals surface area contributed by atoms with Crippen molar-refractivity contribution in [1.29, 1.82) is 0 Å². The third-order valence-electron chi connectivity index (χ3n) is 4.88. The van der Waals surface area contributed by atoms with Crippen molar-refractivity contribution in [3.05, 3.63) is 23.3 Å². The molecule has 2 fully saturated rings. The molecule has 10 heteroatoms. The lowest BCUT2D eigenvalue weighted by Gasteiger charge is -2.29. The number of carbonyl (C=O) groups is 1. The molecule has 3 atom stereocenters. The maximum Gasteiger partial charge on any atom is 0.231 e. The van der Waals surface area contributed by atoms with E-state index in [-0.39, 0.29) is 24.0 Å². The Morgan fingerprint density at radius 2 is 2.29 bits per heavy atom. The molecule has 10 nitrogen and oxygen atoms in total. The second-order valence-corrected chi connectivity index (χ2v) is 6.29. The van der Waals surface area contributed by atoms with Crippen molar-refractivity contribution < 1.29 is 9.32 Å². The van der Waals surface area contributed by atoms with Crippen molar-refractivity contribution in [1.82, 2.24) is 41.1 Å². The van der Waals surface area contributed by atoms with Crippen LogP contribution in [0.5, 0.6) is 0 Å². The maximum atomic E-state index is 13.2. The van der Waals surface area contributed by atoms with E-state index in [1.54, 1.807) is 4.68 Å². The van der Waals surface area contributed by atoms with Crippen LogP contribution in [0.1, 0.15) is 42.1 Å². The summed E-state index contributed by atoms with van der Waals surface area (Å²) < 4.78 is 6.87. The SMILES string of the molecule is Cc1noc(C)c1C1CCCN1C(=O)C1CNNC1n1cnnn1. The lowest BCUT2D eigenvalue weighted by molar-refractivity contribution is -0.137. The van der Waals surface area contributed by atoms with E-state index in [1.807, 2.05) is 18.7 Å². The number of likely N-dealkylation sites (tertiary alicyclic amines) is 1. The number of hydrogen-bond acceptors (Lipinski definition) is 8. The van der Waals surface area contributed by atoms with Crippen LogP contribution in [0.3, 0.4) is 0 Å². The lowest BCUT2D eigenvalue weighted by atomic mass is 10.0. The molecule has 2 aromatic heterocycles. The number of hydrazine groups is 1. The number of amides is 1. The molecule has 0 spiro atoms. The van der Waals surface area contributed by atoms with E-state index in [0.29, 0.717) is 6.54 Å². The first-order valence-electron chi connectivity index (χ1n) is 8.11. The summed E-state index contributed by atoms with van der Waals surface area (Å²) in [4.78, 5) is 15.1. The highest BCUT2D eigenvalue weighted by atomic mass is 16.5. The van der Waals surface area contributed by atoms with Crippen molar-refractivity contribution >= 4 is 5.91 Å². The molecule has 0 bridgehead atoms. The Hall–Kier alpha value is -2.33. The van der Waals surface area contributed by atoms with E-state index in [1.165, 1.54) is 6.33 Å². The van der Waals surface area contributed by atoms with Gasteiger partial charge in [0.05, 0.1) is 17.7 Å². The van der Waals surface area contributed by atoms with Gasteiger partial charge in [-0.05, 0) is 37.1 Å². The van der Waals surface area contributed by atoms with Crippen LogP contribution in [0.15, 0.2) is 10.9 Å². The third-order valence-corrected chi connectivity index (χ3v) is 4.88. The van der Waals surface area contributed by atoms with Crippen molar-refractivity contribution in [3.8, 4) is 0 Å². The van der Waals surface area contributed by atoms with E-state index in [2.05, 4.69) is 31.5 Å². The van der Waals surface area contributed by atoms with Gasteiger partial charge < -0.3 is 9.42 Å². The number of aromatic nitrogens is 5. The first-order valence-corrected chi connectivity index (χ1v) is 8.11. The van der Waals surface area contributed by atoms with Crippen LogP contribution in [0.25, 0.3) is 0 Å². The Bertz CT molecular complexity index is 708. The van der Waals surface area contributed by atoms with Gasteiger partial charge in [-0.3, -0.25) is 10.2 Å². The van der Waals surface area contributed by atoms with E-state index < -0.39 is 0 Å². The van der Waals surface area contributed by atoms with Crippen molar-refractivity contribution in [2.45, 2.75) is 38.9 Å². The number of aryl methyl sites for hydroxylation is 2. The Kier molecular flexibility index (Phi) is 3.77. The Balaban J connectivity index is 1.59. The van der Waals surface area contributed by atoms with Gasteiger partial charge in [-0.25, -0.2) is 10.1 Å². The number of nitrogens with one attached hydrogen (secondary N) is 2. The van der Waals surface area contributed by atoms with Crippen molar-refractivity contribution in [3.63, 3.8) is 0 Å². The molecule has 2 aromatic rings. The topological polar surface area (TPSA) is 114 Å². The zero-order valence-electron chi connectivity index (χ0n) is 13.6. The molecule has 2 aliphatic heterocycles. The van der Waals surface area contributed by atoms with E-state index in [4.69, 9.17) is 4.52 Å². The molecule has 24 heavy (non-hydrogen) atoms. The molecule has 0 radical (unpaired) electrons. The van der Waals surface area contributed by atoms with E-state index in [9.17, 15) is 4.79 Å². The summed E-state index contributed by atoms with van der Waals surface area (Å²) in [5.41, 5.74) is 8.02. The molecule has 0 aromatic carbocycles. The molecule has 4 heterocycles. The van der Waals surface area contributed by atoms with Crippen LogP contribution in [-0.2, 0) is 4.79 Å². The quantitative estimate of drug-likeness (QED) is 0.798. The zero-order valence-corrected chi connectivity index (χ0v) is 13.6. The summed E-state index contributed by atoms with van der Waals surface area (Å²) in [7, 11) is 0. The molecular formula is C14H20N8O2. The molecule has 3 unspecified atom stereocenters. The van der Waals surface area contributed by atoms with Crippen molar-refractivity contribution in [2.24, 2.45) is 5.92 Å². The van der Waals surface area contributed by atoms with Gasteiger partial charge in [0.1, 0.15) is 18.3 Å². The lowest BCUT2D eigenvalue weighted by Crippen LogP contribution is -2.40. The van der Waals surface area contributed by atoms with Crippen LogP contribution >= 0.6 is 0 Å². The van der Waals surface area contributed by atoms with Crippen LogP contribution in [0, 0.1) is 19.8 Å². The summed E-state index contributed by atoms with van der Waals surface area (Å²) in [5.74, 6) is 0.613. The summed E-state index contributed by atoms with van der Waals surface area (Å²) in [6.45, 7) is 5.11. The van der Waals surface area contributed by atoms with Gasteiger partial charge in [0.15, 0.2) is 0 Å². The molecular weight excluding hydrogens is 312 g/mol. The standard InChI is InChI=1S/C14H20N8O2/c1-8-12(9(2)24-18-8)11-4-3-5-21(11)14(23)10-6-15-17-13(10)22-7-16-19-20-22/h7,10-11,13,15,17H,3-6H2,1-2H3.